The van der Waals surface area contributed by atoms with Crippen molar-refractivity contribution < 1.29 is 14.3 Å². The highest BCUT2D eigenvalue weighted by molar-refractivity contribution is 6.32. The topological polar surface area (TPSA) is 68.3 Å². The minimum absolute atomic E-state index is 0.181. The molecule has 1 N–H and O–H groups in total. The summed E-state index contributed by atoms with van der Waals surface area (Å²) in [7, 11) is 0. The lowest BCUT2D eigenvalue weighted by Crippen LogP contribution is -2.29. The molecule has 0 aromatic carbocycles. The van der Waals surface area contributed by atoms with Crippen LogP contribution >= 0.6 is 11.6 Å². The number of ether oxygens (including phenoxy) is 1. The van der Waals surface area contributed by atoms with E-state index in [9.17, 15) is 9.59 Å². The van der Waals surface area contributed by atoms with Crippen molar-refractivity contribution >= 4 is 29.2 Å². The maximum absolute atomic E-state index is 11.8. The maximum atomic E-state index is 11.8. The van der Waals surface area contributed by atoms with Gasteiger partial charge >= 0.3 is 5.97 Å². The van der Waals surface area contributed by atoms with Crippen LogP contribution in [0.15, 0.2) is 30.5 Å². The molecule has 0 fully saturated rings. The summed E-state index contributed by atoms with van der Waals surface area (Å²) in [5, 5.41) is 2.72. The summed E-state index contributed by atoms with van der Waals surface area (Å²) >= 11 is 5.80. The van der Waals surface area contributed by atoms with Crippen molar-refractivity contribution in [3.63, 3.8) is 0 Å². The number of esters is 1. The van der Waals surface area contributed by atoms with Crippen LogP contribution in [0.1, 0.15) is 20.3 Å². The molecular weight excluding hydrogens is 268 g/mol. The average molecular weight is 283 g/mol. The van der Waals surface area contributed by atoms with Crippen LogP contribution in [0.25, 0.3) is 0 Å². The van der Waals surface area contributed by atoms with Gasteiger partial charge in [-0.3, -0.25) is 4.79 Å². The Kier molecular flexibility index (Phi) is 6.02. The first-order valence-electron chi connectivity index (χ1n) is 5.83. The number of carbonyl (C=O) groups is 2. The van der Waals surface area contributed by atoms with E-state index in [-0.39, 0.29) is 5.15 Å². The van der Waals surface area contributed by atoms with Gasteiger partial charge in [0.15, 0.2) is 11.3 Å². The number of anilines is 1. The summed E-state index contributed by atoms with van der Waals surface area (Å²) in [5.41, 5.74) is 0.376. The highest BCUT2D eigenvalue weighted by Crippen LogP contribution is 2.17. The van der Waals surface area contributed by atoms with Crippen LogP contribution in [0, 0.1) is 0 Å². The van der Waals surface area contributed by atoms with E-state index in [2.05, 4.69) is 10.3 Å². The zero-order valence-corrected chi connectivity index (χ0v) is 11.5. The van der Waals surface area contributed by atoms with Crippen LogP contribution in [0.5, 0.6) is 0 Å². The van der Waals surface area contributed by atoms with Crippen LogP contribution in [-0.4, -0.2) is 23.0 Å². The summed E-state index contributed by atoms with van der Waals surface area (Å²) in [6, 6.07) is 3.25. The third kappa shape index (κ3) is 5.09. The molecule has 0 saturated heterocycles. The highest BCUT2D eigenvalue weighted by atomic mass is 35.5. The highest BCUT2D eigenvalue weighted by Gasteiger charge is 2.17. The second kappa shape index (κ2) is 7.53. The Morgan fingerprint density at radius 2 is 2.32 bits per heavy atom. The van der Waals surface area contributed by atoms with Crippen molar-refractivity contribution in [2.24, 2.45) is 0 Å². The fraction of sp³-hybridized carbons (Fsp3) is 0.308. The number of carbonyl (C=O) groups excluding carboxylic acids is 2. The second-order valence-corrected chi connectivity index (χ2v) is 4.08. The molecule has 0 radical (unpaired) electrons. The van der Waals surface area contributed by atoms with Gasteiger partial charge in [0, 0.05) is 12.3 Å². The molecule has 1 aromatic rings. The molecule has 19 heavy (non-hydrogen) atoms. The first-order valence-corrected chi connectivity index (χ1v) is 6.21. The number of rotatable bonds is 5. The van der Waals surface area contributed by atoms with Gasteiger partial charge in [-0.1, -0.05) is 24.6 Å². The molecule has 102 valence electrons. The first-order chi connectivity index (χ1) is 9.04. The van der Waals surface area contributed by atoms with E-state index in [1.54, 1.807) is 18.2 Å². The summed E-state index contributed by atoms with van der Waals surface area (Å²) in [4.78, 5) is 26.9. The number of amides is 1. The minimum atomic E-state index is -0.912. The van der Waals surface area contributed by atoms with Gasteiger partial charge < -0.3 is 10.1 Å². The van der Waals surface area contributed by atoms with Gasteiger partial charge in [0.1, 0.15) is 0 Å². The van der Waals surface area contributed by atoms with Crippen molar-refractivity contribution in [2.45, 2.75) is 26.4 Å². The summed E-state index contributed by atoms with van der Waals surface area (Å²) < 4.78 is 4.93. The second-order valence-electron chi connectivity index (χ2n) is 3.72. The fourth-order valence-electron chi connectivity index (χ4n) is 1.19. The van der Waals surface area contributed by atoms with Crippen molar-refractivity contribution in [1.29, 1.82) is 0 Å². The molecule has 0 aliphatic carbocycles. The lowest BCUT2D eigenvalue weighted by Gasteiger charge is -2.12. The zero-order valence-electron chi connectivity index (χ0n) is 10.7. The fourth-order valence-corrected chi connectivity index (χ4v) is 1.36. The normalized spacial score (nSPS) is 12.2. The smallest absolute Gasteiger partial charge is 0.331 e. The van der Waals surface area contributed by atoms with Crippen molar-refractivity contribution in [3.05, 3.63) is 35.6 Å². The molecule has 1 heterocycles. The summed E-state index contributed by atoms with van der Waals surface area (Å²) in [5.74, 6) is -1.02. The van der Waals surface area contributed by atoms with Gasteiger partial charge in [0.2, 0.25) is 0 Å². The van der Waals surface area contributed by atoms with E-state index >= 15 is 0 Å². The predicted molar refractivity (Wildman–Crippen MR) is 72.9 cm³/mol. The standard InChI is InChI=1S/C13H15ClN2O3/c1-3-4-7-11(17)19-9(2)13(18)16-10-6-5-8-15-12(10)14/h4-9H,3H2,1-2H3,(H,16,18)/b7-4+/t9-/m0/s1. The third-order valence-electron chi connectivity index (χ3n) is 2.17. The Morgan fingerprint density at radius 3 is 2.95 bits per heavy atom. The summed E-state index contributed by atoms with van der Waals surface area (Å²) in [6.45, 7) is 3.38. The number of aromatic nitrogens is 1. The number of hydrogen-bond donors (Lipinski definition) is 1. The molecule has 0 saturated carbocycles. The Labute approximate surface area is 116 Å². The van der Waals surface area contributed by atoms with Gasteiger partial charge in [0.25, 0.3) is 5.91 Å². The zero-order chi connectivity index (χ0) is 14.3. The van der Waals surface area contributed by atoms with Gasteiger partial charge in [0.05, 0.1) is 5.69 Å². The number of pyridine rings is 1. The van der Waals surface area contributed by atoms with Crippen LogP contribution in [0.4, 0.5) is 5.69 Å². The SMILES string of the molecule is CC/C=C/C(=O)O[C@@H](C)C(=O)Nc1cccnc1Cl. The van der Waals surface area contributed by atoms with Gasteiger partial charge in [-0.15, -0.1) is 0 Å². The third-order valence-corrected chi connectivity index (χ3v) is 2.47. The van der Waals surface area contributed by atoms with E-state index in [1.807, 2.05) is 6.92 Å². The molecule has 0 aliphatic rings. The molecule has 1 atom stereocenters. The quantitative estimate of drug-likeness (QED) is 0.512. The molecule has 0 unspecified atom stereocenters. The number of hydrogen-bond acceptors (Lipinski definition) is 4. The minimum Gasteiger partial charge on any atom is -0.449 e. The van der Waals surface area contributed by atoms with E-state index in [1.165, 1.54) is 19.2 Å². The molecule has 5 nitrogen and oxygen atoms in total. The molecule has 6 heteroatoms. The Morgan fingerprint density at radius 1 is 1.58 bits per heavy atom. The van der Waals surface area contributed by atoms with E-state index < -0.39 is 18.0 Å². The van der Waals surface area contributed by atoms with Gasteiger partial charge in [-0.25, -0.2) is 9.78 Å². The Bertz CT molecular complexity index is 489. The monoisotopic (exact) mass is 282 g/mol. The predicted octanol–water partition coefficient (Wildman–Crippen LogP) is 2.57. The number of nitrogens with one attached hydrogen (secondary N) is 1. The number of nitrogens with zero attached hydrogens (tertiary/aromatic N) is 1. The lowest BCUT2D eigenvalue weighted by molar-refractivity contribution is -0.148. The lowest BCUT2D eigenvalue weighted by atomic mass is 10.3. The largest absolute Gasteiger partial charge is 0.449 e. The molecule has 0 spiro atoms. The molecular formula is C13H15ClN2O3. The van der Waals surface area contributed by atoms with Gasteiger partial charge in [-0.2, -0.15) is 0 Å². The Hall–Kier alpha value is -1.88. The first kappa shape index (κ1) is 15.2. The molecule has 1 amide bonds. The van der Waals surface area contributed by atoms with Gasteiger partial charge in [-0.05, 0) is 25.5 Å². The maximum Gasteiger partial charge on any atom is 0.331 e. The van der Waals surface area contributed by atoms with Crippen LogP contribution < -0.4 is 5.32 Å². The Balaban J connectivity index is 2.56. The molecule has 1 aromatic heterocycles. The molecule has 0 aliphatic heterocycles. The average Bonchev–Trinajstić information content (AvgIpc) is 2.38. The van der Waals surface area contributed by atoms with Crippen LogP contribution in [0.2, 0.25) is 5.15 Å². The van der Waals surface area contributed by atoms with Crippen LogP contribution in [-0.2, 0) is 14.3 Å². The van der Waals surface area contributed by atoms with Crippen molar-refractivity contribution in [2.75, 3.05) is 5.32 Å². The number of allylic oxidation sites excluding steroid dienone is 1. The molecule has 1 rings (SSSR count). The van der Waals surface area contributed by atoms with Crippen molar-refractivity contribution in [1.82, 2.24) is 4.98 Å². The van der Waals surface area contributed by atoms with E-state index in [4.69, 9.17) is 16.3 Å². The molecule has 0 bridgehead atoms. The van der Waals surface area contributed by atoms with Crippen LogP contribution in [0.3, 0.4) is 0 Å². The number of halogens is 1. The summed E-state index contributed by atoms with van der Waals surface area (Å²) in [6.07, 6.45) is 4.27. The van der Waals surface area contributed by atoms with E-state index in [0.29, 0.717) is 5.69 Å². The van der Waals surface area contributed by atoms with Crippen molar-refractivity contribution in [3.8, 4) is 0 Å². The van der Waals surface area contributed by atoms with E-state index in [0.717, 1.165) is 6.42 Å².